The van der Waals surface area contributed by atoms with Gasteiger partial charge in [0.1, 0.15) is 0 Å². The minimum absolute atomic E-state index is 0.0840. The van der Waals surface area contributed by atoms with Crippen molar-refractivity contribution in [3.63, 3.8) is 0 Å². The molecule has 0 aromatic heterocycles. The summed E-state index contributed by atoms with van der Waals surface area (Å²) in [7, 11) is 0.0645. The Morgan fingerprint density at radius 2 is 1.89 bits per heavy atom. The summed E-state index contributed by atoms with van der Waals surface area (Å²) in [5.41, 5.74) is 0.339. The summed E-state index contributed by atoms with van der Waals surface area (Å²) in [6, 6.07) is 5.40. The third-order valence-corrected chi connectivity index (χ3v) is 8.06. The second kappa shape index (κ2) is 7.59. The number of carbonyl (C=O) groups excluding carboxylic acids is 1. The van der Waals surface area contributed by atoms with Gasteiger partial charge in [-0.15, -0.1) is 0 Å². The number of hydrogen-bond donors (Lipinski definition) is 0. The lowest BCUT2D eigenvalue weighted by atomic mass is 9.96. The molecule has 0 radical (unpaired) electrons. The number of amides is 1. The molecule has 0 N–H and O–H groups in total. The minimum atomic E-state index is -3.08. The van der Waals surface area contributed by atoms with Crippen molar-refractivity contribution in [1.29, 1.82) is 0 Å². The van der Waals surface area contributed by atoms with Crippen molar-refractivity contribution in [3.05, 3.63) is 23.8 Å². The number of sulfone groups is 1. The van der Waals surface area contributed by atoms with E-state index in [1.165, 1.54) is 11.8 Å². The van der Waals surface area contributed by atoms with Crippen LogP contribution in [0, 0.1) is 5.41 Å². The molecule has 9 heteroatoms. The maximum atomic E-state index is 12.5. The monoisotopic (exact) mass is 426 g/mol. The number of thioether (sulfide) groups is 1. The summed E-state index contributed by atoms with van der Waals surface area (Å²) >= 11 is 1.39. The molecule has 2 atom stereocenters. The van der Waals surface area contributed by atoms with E-state index >= 15 is 0 Å². The predicted molar refractivity (Wildman–Crippen MR) is 111 cm³/mol. The highest BCUT2D eigenvalue weighted by Crippen LogP contribution is 2.40. The van der Waals surface area contributed by atoms with Crippen molar-refractivity contribution in [1.82, 2.24) is 4.90 Å². The molecule has 2 fully saturated rings. The van der Waals surface area contributed by atoms with E-state index < -0.39 is 15.3 Å². The Bertz CT molecular complexity index is 905. The molecule has 0 spiro atoms. The molecule has 0 saturated carbocycles. The van der Waals surface area contributed by atoms with Gasteiger partial charge < -0.3 is 14.4 Å². The third kappa shape index (κ3) is 4.30. The summed E-state index contributed by atoms with van der Waals surface area (Å²) < 4.78 is 34.9. The summed E-state index contributed by atoms with van der Waals surface area (Å²) in [6.07, 6.45) is 0. The first-order valence-electron chi connectivity index (χ1n) is 9.02. The number of aliphatic imine (C=N–C) groups is 1. The molecule has 0 unspecified atom stereocenters. The van der Waals surface area contributed by atoms with Crippen LogP contribution >= 0.6 is 11.8 Å². The lowest BCUT2D eigenvalue weighted by Gasteiger charge is -2.25. The van der Waals surface area contributed by atoms with Crippen molar-refractivity contribution in [3.8, 4) is 11.5 Å². The molecular weight excluding hydrogens is 400 g/mol. The Labute approximate surface area is 170 Å². The summed E-state index contributed by atoms with van der Waals surface area (Å²) in [6.45, 7) is 5.91. The smallest absolute Gasteiger partial charge is 0.253 e. The van der Waals surface area contributed by atoms with Gasteiger partial charge in [-0.1, -0.05) is 38.6 Å². The molecule has 1 aromatic carbocycles. The predicted octanol–water partition coefficient (Wildman–Crippen LogP) is 2.35. The van der Waals surface area contributed by atoms with Crippen LogP contribution in [-0.2, 0) is 21.2 Å². The summed E-state index contributed by atoms with van der Waals surface area (Å²) in [4.78, 5) is 18.8. The molecule has 7 nitrogen and oxygen atoms in total. The van der Waals surface area contributed by atoms with Crippen molar-refractivity contribution >= 4 is 32.7 Å². The first kappa shape index (κ1) is 21.0. The minimum Gasteiger partial charge on any atom is -0.493 e. The van der Waals surface area contributed by atoms with Crippen molar-refractivity contribution < 1.29 is 22.7 Å². The van der Waals surface area contributed by atoms with Crippen molar-refractivity contribution in [2.45, 2.75) is 38.6 Å². The fraction of sp³-hybridized carbons (Fsp3) is 0.579. The standard InChI is InChI=1S/C19H26N2O5S2/c1-19(2,3)17(22)20-18-21(13-10-28(23,24)11-16(13)27-18)9-12-6-7-14(25-4)15(8-12)26-5/h6-8,13,16H,9-11H2,1-5H3/t13-,16-/m0/s1. The number of carbonyl (C=O) groups is 1. The first-order valence-corrected chi connectivity index (χ1v) is 11.7. The van der Waals surface area contributed by atoms with E-state index in [1.54, 1.807) is 14.2 Å². The molecule has 2 aliphatic rings. The number of amidine groups is 1. The zero-order valence-electron chi connectivity index (χ0n) is 16.8. The quantitative estimate of drug-likeness (QED) is 0.730. The topological polar surface area (TPSA) is 85.3 Å². The Morgan fingerprint density at radius 1 is 1.21 bits per heavy atom. The Morgan fingerprint density at radius 3 is 2.50 bits per heavy atom. The maximum Gasteiger partial charge on any atom is 0.253 e. The largest absolute Gasteiger partial charge is 0.493 e. The van der Waals surface area contributed by atoms with E-state index in [0.29, 0.717) is 23.2 Å². The Hall–Kier alpha value is -1.74. The molecule has 2 saturated heterocycles. The fourth-order valence-corrected chi connectivity index (χ4v) is 7.20. The van der Waals surface area contributed by atoms with Crippen LogP contribution in [0.4, 0.5) is 0 Å². The van der Waals surface area contributed by atoms with Crippen LogP contribution in [0.3, 0.4) is 0 Å². The lowest BCUT2D eigenvalue weighted by molar-refractivity contribution is -0.124. The van der Waals surface area contributed by atoms with Gasteiger partial charge in [0.15, 0.2) is 26.5 Å². The molecule has 2 aliphatic heterocycles. The highest BCUT2D eigenvalue weighted by molar-refractivity contribution is 8.15. The average molecular weight is 427 g/mol. The number of nitrogens with zero attached hydrogens (tertiary/aromatic N) is 2. The fourth-order valence-electron chi connectivity index (χ4n) is 3.25. The van der Waals surface area contributed by atoms with E-state index in [0.717, 1.165) is 5.56 Å². The number of benzene rings is 1. The molecule has 154 valence electrons. The zero-order valence-corrected chi connectivity index (χ0v) is 18.4. The molecule has 1 amide bonds. The summed E-state index contributed by atoms with van der Waals surface area (Å²) in [5, 5.41) is 0.497. The zero-order chi connectivity index (χ0) is 20.7. The van der Waals surface area contributed by atoms with Gasteiger partial charge in [0, 0.05) is 17.2 Å². The number of ether oxygens (including phenoxy) is 2. The van der Waals surface area contributed by atoms with E-state index in [2.05, 4.69) is 4.99 Å². The van der Waals surface area contributed by atoms with Gasteiger partial charge in [-0.05, 0) is 17.7 Å². The van der Waals surface area contributed by atoms with Crippen LogP contribution < -0.4 is 9.47 Å². The van der Waals surface area contributed by atoms with Crippen LogP contribution in [0.2, 0.25) is 0 Å². The highest BCUT2D eigenvalue weighted by Gasteiger charge is 2.49. The second-order valence-electron chi connectivity index (χ2n) is 8.07. The molecule has 1 aromatic rings. The van der Waals surface area contributed by atoms with Gasteiger partial charge in [0.25, 0.3) is 5.91 Å². The number of hydrogen-bond acceptors (Lipinski definition) is 6. The Balaban J connectivity index is 1.93. The number of methoxy groups -OCH3 is 2. The van der Waals surface area contributed by atoms with Gasteiger partial charge in [0.05, 0.1) is 31.8 Å². The van der Waals surface area contributed by atoms with E-state index in [-0.39, 0.29) is 28.7 Å². The van der Waals surface area contributed by atoms with E-state index in [1.807, 2.05) is 43.9 Å². The number of fused-ring (bicyclic) bond motifs is 1. The molecule has 0 bridgehead atoms. The summed E-state index contributed by atoms with van der Waals surface area (Å²) in [5.74, 6) is 1.22. The average Bonchev–Trinajstić information content (AvgIpc) is 3.06. The first-order chi connectivity index (χ1) is 13.0. The number of rotatable bonds is 4. The van der Waals surface area contributed by atoms with Crippen LogP contribution in [-0.4, -0.2) is 61.4 Å². The van der Waals surface area contributed by atoms with Crippen LogP contribution in [0.25, 0.3) is 0 Å². The maximum absolute atomic E-state index is 12.5. The van der Waals surface area contributed by atoms with Crippen LogP contribution in [0.5, 0.6) is 11.5 Å². The third-order valence-electron chi connectivity index (χ3n) is 4.81. The van der Waals surface area contributed by atoms with E-state index in [9.17, 15) is 13.2 Å². The van der Waals surface area contributed by atoms with Crippen molar-refractivity contribution in [2.75, 3.05) is 25.7 Å². The van der Waals surface area contributed by atoms with Gasteiger partial charge in [-0.3, -0.25) is 4.79 Å². The molecular formula is C19H26N2O5S2. The SMILES string of the molecule is COc1ccc(CN2C(=NC(=O)C(C)(C)C)S[C@H]3CS(=O)(=O)C[C@@H]32)cc1OC. The molecule has 28 heavy (non-hydrogen) atoms. The van der Waals surface area contributed by atoms with Crippen molar-refractivity contribution in [2.24, 2.45) is 10.4 Å². The molecule has 0 aliphatic carbocycles. The molecule has 2 heterocycles. The van der Waals surface area contributed by atoms with Gasteiger partial charge in [-0.2, -0.15) is 4.99 Å². The molecule has 3 rings (SSSR count). The second-order valence-corrected chi connectivity index (χ2v) is 11.4. The Kier molecular flexibility index (Phi) is 5.69. The van der Waals surface area contributed by atoms with Gasteiger partial charge in [-0.25, -0.2) is 8.42 Å². The van der Waals surface area contributed by atoms with Gasteiger partial charge in [0.2, 0.25) is 0 Å². The normalized spacial score (nSPS) is 25.0. The van der Waals surface area contributed by atoms with Gasteiger partial charge >= 0.3 is 0 Å². The lowest BCUT2D eigenvalue weighted by Crippen LogP contribution is -2.37. The van der Waals surface area contributed by atoms with E-state index in [4.69, 9.17) is 9.47 Å². The van der Waals surface area contributed by atoms with Crippen LogP contribution in [0.15, 0.2) is 23.2 Å². The highest BCUT2D eigenvalue weighted by atomic mass is 32.2. The van der Waals surface area contributed by atoms with Crippen LogP contribution in [0.1, 0.15) is 26.3 Å².